The van der Waals surface area contributed by atoms with Crippen LogP contribution in [0.3, 0.4) is 0 Å². The predicted octanol–water partition coefficient (Wildman–Crippen LogP) is 4.02. The quantitative estimate of drug-likeness (QED) is 0.165. The van der Waals surface area contributed by atoms with Gasteiger partial charge in [0.15, 0.2) is 0 Å². The van der Waals surface area contributed by atoms with Crippen molar-refractivity contribution in [2.75, 3.05) is 6.61 Å². The molecule has 34 heavy (non-hydrogen) atoms. The summed E-state index contributed by atoms with van der Waals surface area (Å²) < 4.78 is 42.7. The first-order chi connectivity index (χ1) is 16.2. The van der Waals surface area contributed by atoms with Crippen molar-refractivity contribution in [3.8, 4) is 5.75 Å². The first-order valence-electron chi connectivity index (χ1n) is 9.90. The lowest BCUT2D eigenvalue weighted by molar-refractivity contribution is 0.0920. The van der Waals surface area contributed by atoms with Crippen molar-refractivity contribution in [3.63, 3.8) is 0 Å². The Morgan fingerprint density at radius 3 is 2.41 bits per heavy atom. The second kappa shape index (κ2) is 9.00. The van der Waals surface area contributed by atoms with E-state index in [2.05, 4.69) is 9.97 Å². The van der Waals surface area contributed by atoms with Crippen LogP contribution in [-0.2, 0) is 0 Å². The van der Waals surface area contributed by atoms with Gasteiger partial charge in [0.25, 0.3) is 0 Å². The van der Waals surface area contributed by atoms with Gasteiger partial charge >= 0.3 is 0 Å². The second-order valence-corrected chi connectivity index (χ2v) is 7.40. The molecule has 0 radical (unpaired) electrons. The first-order valence-corrected chi connectivity index (χ1v) is 9.90. The van der Waals surface area contributed by atoms with Crippen LogP contribution >= 0.6 is 0 Å². The summed E-state index contributed by atoms with van der Waals surface area (Å²) in [6.45, 7) is -0.807. The van der Waals surface area contributed by atoms with Gasteiger partial charge in [0.05, 0.1) is 23.2 Å². The standard InChI is InChI=1S/C24H17F3N2O5/c25-12-6-11(7-13(26)8-12)22(33)20(24-28-17-5-4-14(31)9-18(17)29-24)23(34)16-3-1-2-15(21(16)27)19(32)10-30/h1-9,19,30-33H,10H2,(H,28,29)/t19-/m0/s1. The number of aromatic amines is 1. The Morgan fingerprint density at radius 2 is 1.74 bits per heavy atom. The van der Waals surface area contributed by atoms with Gasteiger partial charge in [0.2, 0.25) is 5.78 Å². The molecule has 1 heterocycles. The predicted molar refractivity (Wildman–Crippen MR) is 116 cm³/mol. The Morgan fingerprint density at radius 1 is 1.03 bits per heavy atom. The fourth-order valence-corrected chi connectivity index (χ4v) is 3.49. The summed E-state index contributed by atoms with van der Waals surface area (Å²) in [6, 6.07) is 9.70. The summed E-state index contributed by atoms with van der Waals surface area (Å²) >= 11 is 0. The molecule has 10 heteroatoms. The zero-order valence-electron chi connectivity index (χ0n) is 17.3. The Hall–Kier alpha value is -4.15. The third-order valence-electron chi connectivity index (χ3n) is 5.11. The third kappa shape index (κ3) is 4.24. The van der Waals surface area contributed by atoms with Gasteiger partial charge in [-0.3, -0.25) is 4.79 Å². The summed E-state index contributed by atoms with van der Waals surface area (Å²) in [5, 5.41) is 39.6. The minimum absolute atomic E-state index is 0.118. The number of nitrogens with one attached hydrogen (secondary N) is 1. The molecule has 1 aromatic heterocycles. The van der Waals surface area contributed by atoms with Crippen LogP contribution in [0.2, 0.25) is 0 Å². The average Bonchev–Trinajstić information content (AvgIpc) is 3.20. The van der Waals surface area contributed by atoms with Gasteiger partial charge in [-0.15, -0.1) is 0 Å². The number of phenols is 1. The van der Waals surface area contributed by atoms with Crippen LogP contribution in [0.15, 0.2) is 54.6 Å². The molecule has 174 valence electrons. The number of ketones is 1. The first kappa shape index (κ1) is 23.0. The molecule has 0 bridgehead atoms. The minimum atomic E-state index is -1.61. The van der Waals surface area contributed by atoms with E-state index >= 15 is 4.39 Å². The molecule has 0 fully saturated rings. The number of halogens is 3. The summed E-state index contributed by atoms with van der Waals surface area (Å²) in [4.78, 5) is 20.4. The highest BCUT2D eigenvalue weighted by Crippen LogP contribution is 2.31. The average molecular weight is 470 g/mol. The number of benzene rings is 3. The maximum atomic E-state index is 15.1. The molecule has 5 N–H and O–H groups in total. The number of fused-ring (bicyclic) bond motifs is 1. The number of phenolic OH excluding ortho intramolecular Hbond substituents is 1. The molecule has 0 saturated carbocycles. The Bertz CT molecular complexity index is 1430. The second-order valence-electron chi connectivity index (χ2n) is 7.40. The maximum Gasteiger partial charge on any atom is 0.203 e. The normalized spacial score (nSPS) is 13.1. The molecule has 0 aliphatic rings. The summed E-state index contributed by atoms with van der Waals surface area (Å²) in [6.07, 6.45) is -1.61. The molecular weight excluding hydrogens is 453 g/mol. The van der Waals surface area contributed by atoms with E-state index in [-0.39, 0.29) is 28.2 Å². The number of rotatable bonds is 6. The molecule has 0 spiro atoms. The molecule has 0 aliphatic carbocycles. The molecule has 0 saturated heterocycles. The van der Waals surface area contributed by atoms with Crippen LogP contribution in [0.25, 0.3) is 22.4 Å². The number of aromatic hydroxyl groups is 1. The molecule has 0 amide bonds. The van der Waals surface area contributed by atoms with E-state index in [4.69, 9.17) is 5.11 Å². The molecule has 4 rings (SSSR count). The van der Waals surface area contributed by atoms with Crippen molar-refractivity contribution in [3.05, 3.63) is 94.6 Å². The molecule has 0 unspecified atom stereocenters. The van der Waals surface area contributed by atoms with Crippen molar-refractivity contribution in [2.45, 2.75) is 6.10 Å². The van der Waals surface area contributed by atoms with Crippen molar-refractivity contribution in [1.29, 1.82) is 0 Å². The van der Waals surface area contributed by atoms with Crippen LogP contribution in [0, 0.1) is 17.5 Å². The van der Waals surface area contributed by atoms with Crippen LogP contribution in [0.1, 0.15) is 33.4 Å². The van der Waals surface area contributed by atoms with Crippen LogP contribution in [0.4, 0.5) is 13.2 Å². The number of carbonyl (C=O) groups excluding carboxylic acids is 1. The number of allylic oxidation sites excluding steroid dienone is 1. The topological polar surface area (TPSA) is 127 Å². The Balaban J connectivity index is 1.97. The number of hydrogen-bond donors (Lipinski definition) is 5. The van der Waals surface area contributed by atoms with Crippen molar-refractivity contribution < 1.29 is 38.4 Å². The molecule has 0 aliphatic heterocycles. The molecule has 4 aromatic rings. The monoisotopic (exact) mass is 470 g/mol. The Labute approximate surface area is 190 Å². The fourth-order valence-electron chi connectivity index (χ4n) is 3.49. The van der Waals surface area contributed by atoms with Gasteiger partial charge in [-0.1, -0.05) is 12.1 Å². The summed E-state index contributed by atoms with van der Waals surface area (Å²) in [5.41, 5.74) is -1.43. The van der Waals surface area contributed by atoms with E-state index in [1.54, 1.807) is 0 Å². The van der Waals surface area contributed by atoms with E-state index in [0.29, 0.717) is 6.07 Å². The lowest BCUT2D eigenvalue weighted by Crippen LogP contribution is -2.13. The van der Waals surface area contributed by atoms with Gasteiger partial charge in [0.1, 0.15) is 46.5 Å². The highest BCUT2D eigenvalue weighted by atomic mass is 19.1. The summed E-state index contributed by atoms with van der Waals surface area (Å²) in [7, 11) is 0. The number of aromatic nitrogens is 2. The van der Waals surface area contributed by atoms with Gasteiger partial charge in [-0.2, -0.15) is 0 Å². The number of imidazole rings is 1. The van der Waals surface area contributed by atoms with Crippen molar-refractivity contribution >= 4 is 28.1 Å². The van der Waals surface area contributed by atoms with E-state index in [0.717, 1.165) is 18.2 Å². The van der Waals surface area contributed by atoms with Gasteiger partial charge in [-0.05, 0) is 30.3 Å². The SMILES string of the molecule is O=C(C(=C(O)c1cc(F)cc(F)c1)c1nc2ccc(O)cc2[nH]1)c1cccc([C@@H](O)CO)c1F. The molecule has 1 atom stereocenters. The van der Waals surface area contributed by atoms with Gasteiger partial charge in [0, 0.05) is 23.3 Å². The van der Waals surface area contributed by atoms with Crippen molar-refractivity contribution in [1.82, 2.24) is 9.97 Å². The van der Waals surface area contributed by atoms with E-state index < -0.39 is 58.4 Å². The van der Waals surface area contributed by atoms with Gasteiger partial charge in [-0.25, -0.2) is 18.2 Å². The van der Waals surface area contributed by atoms with E-state index in [9.17, 15) is 28.9 Å². The lowest BCUT2D eigenvalue weighted by Gasteiger charge is -2.13. The van der Waals surface area contributed by atoms with Crippen molar-refractivity contribution in [2.24, 2.45) is 0 Å². The van der Waals surface area contributed by atoms with Crippen LogP contribution in [0.5, 0.6) is 5.75 Å². The number of Topliss-reactive ketones (excluding diaryl/α,β-unsaturated/α-hetero) is 1. The minimum Gasteiger partial charge on any atom is -0.508 e. The number of aliphatic hydroxyl groups is 3. The molecular formula is C24H17F3N2O5. The number of hydrogen-bond acceptors (Lipinski definition) is 6. The maximum absolute atomic E-state index is 15.1. The zero-order valence-corrected chi connectivity index (χ0v) is 17.3. The number of H-pyrrole nitrogens is 1. The van der Waals surface area contributed by atoms with Crippen LogP contribution in [-0.4, -0.2) is 42.8 Å². The smallest absolute Gasteiger partial charge is 0.203 e. The van der Waals surface area contributed by atoms with Crippen LogP contribution < -0.4 is 0 Å². The Kier molecular flexibility index (Phi) is 6.10. The van der Waals surface area contributed by atoms with E-state index in [1.807, 2.05) is 0 Å². The highest BCUT2D eigenvalue weighted by molar-refractivity contribution is 6.33. The molecule has 3 aromatic carbocycles. The lowest BCUT2D eigenvalue weighted by atomic mass is 9.95. The molecule has 7 nitrogen and oxygen atoms in total. The largest absolute Gasteiger partial charge is 0.508 e. The third-order valence-corrected chi connectivity index (χ3v) is 5.11. The number of nitrogens with zero attached hydrogens (tertiary/aromatic N) is 1. The van der Waals surface area contributed by atoms with E-state index in [1.165, 1.54) is 30.3 Å². The summed E-state index contributed by atoms with van der Waals surface area (Å²) in [5.74, 6) is -5.59. The highest BCUT2D eigenvalue weighted by Gasteiger charge is 2.28. The fraction of sp³-hybridized carbons (Fsp3) is 0.0833. The van der Waals surface area contributed by atoms with Gasteiger partial charge < -0.3 is 25.4 Å². The number of aliphatic hydroxyl groups excluding tert-OH is 3. The number of carbonyl (C=O) groups is 1. The zero-order chi connectivity index (χ0) is 24.6.